The molecule has 0 spiro atoms. The first-order chi connectivity index (χ1) is 7.90. The minimum absolute atomic E-state index is 0.628. The van der Waals surface area contributed by atoms with Gasteiger partial charge in [-0.1, -0.05) is 61.5 Å². The van der Waals surface area contributed by atoms with Gasteiger partial charge in [0.15, 0.2) is 0 Å². The number of hydrogen-bond donors (Lipinski definition) is 0. The van der Waals surface area contributed by atoms with Crippen molar-refractivity contribution in [1.29, 1.82) is 0 Å². The third-order valence-corrected chi connectivity index (χ3v) is 3.03. The molecule has 0 N–H and O–H groups in total. The first-order valence-corrected chi connectivity index (χ1v) is 5.90. The van der Waals surface area contributed by atoms with Crippen molar-refractivity contribution >= 4 is 0 Å². The summed E-state index contributed by atoms with van der Waals surface area (Å²) in [5, 5.41) is 0. The van der Waals surface area contributed by atoms with Crippen molar-refractivity contribution in [1.82, 2.24) is 0 Å². The molecule has 1 unspecified atom stereocenters. The lowest BCUT2D eigenvalue weighted by Crippen LogP contribution is -2.01. The Morgan fingerprint density at radius 2 is 1.69 bits per heavy atom. The van der Waals surface area contributed by atoms with Crippen molar-refractivity contribution in [3.8, 4) is 0 Å². The normalized spacial score (nSPS) is 12.3. The molecular formula is C16H17. The summed E-state index contributed by atoms with van der Waals surface area (Å²) in [6, 6.07) is 22.1. The van der Waals surface area contributed by atoms with Gasteiger partial charge in [0, 0.05) is 0 Å². The predicted molar refractivity (Wildman–Crippen MR) is 68.5 cm³/mol. The van der Waals surface area contributed by atoms with Gasteiger partial charge in [-0.25, -0.2) is 0 Å². The van der Waals surface area contributed by atoms with Crippen LogP contribution in [0.2, 0.25) is 0 Å². The van der Waals surface area contributed by atoms with E-state index in [-0.39, 0.29) is 0 Å². The van der Waals surface area contributed by atoms with E-state index in [2.05, 4.69) is 55.5 Å². The molecule has 1 atom stereocenters. The van der Waals surface area contributed by atoms with E-state index < -0.39 is 0 Å². The van der Waals surface area contributed by atoms with Crippen molar-refractivity contribution in [2.75, 3.05) is 0 Å². The lowest BCUT2D eigenvalue weighted by Gasteiger charge is -2.15. The van der Waals surface area contributed by atoms with E-state index in [0.29, 0.717) is 5.92 Å². The Hall–Kier alpha value is -1.56. The van der Waals surface area contributed by atoms with Gasteiger partial charge in [-0.05, 0) is 36.0 Å². The fraction of sp³-hybridized carbons (Fsp3) is 0.250. The molecule has 0 heteroatoms. The van der Waals surface area contributed by atoms with Gasteiger partial charge in [0.25, 0.3) is 0 Å². The minimum Gasteiger partial charge on any atom is -0.0648 e. The third kappa shape index (κ3) is 2.73. The highest BCUT2D eigenvalue weighted by Crippen LogP contribution is 2.23. The first-order valence-electron chi connectivity index (χ1n) is 5.90. The summed E-state index contributed by atoms with van der Waals surface area (Å²) in [6.07, 6.45) is 2.30. The molecule has 0 fully saturated rings. The average molecular weight is 209 g/mol. The highest BCUT2D eigenvalue weighted by Gasteiger charge is 2.09. The second-order valence-electron chi connectivity index (χ2n) is 4.13. The summed E-state index contributed by atoms with van der Waals surface area (Å²) >= 11 is 0. The summed E-state index contributed by atoms with van der Waals surface area (Å²) < 4.78 is 0. The Morgan fingerprint density at radius 3 is 2.31 bits per heavy atom. The molecule has 1 radical (unpaired) electrons. The van der Waals surface area contributed by atoms with Crippen molar-refractivity contribution < 1.29 is 0 Å². The zero-order chi connectivity index (χ0) is 11.2. The van der Waals surface area contributed by atoms with E-state index in [0.717, 1.165) is 6.42 Å². The van der Waals surface area contributed by atoms with E-state index in [1.54, 1.807) is 0 Å². The van der Waals surface area contributed by atoms with E-state index in [1.807, 2.05) is 12.1 Å². The Kier molecular flexibility index (Phi) is 3.76. The Balaban J connectivity index is 2.13. The van der Waals surface area contributed by atoms with E-state index >= 15 is 0 Å². The second-order valence-corrected chi connectivity index (χ2v) is 4.13. The average Bonchev–Trinajstić information content (AvgIpc) is 2.38. The monoisotopic (exact) mass is 209 g/mol. The Labute approximate surface area is 97.9 Å². The predicted octanol–water partition coefficient (Wildman–Crippen LogP) is 4.22. The maximum atomic E-state index is 3.06. The molecule has 16 heavy (non-hydrogen) atoms. The fourth-order valence-electron chi connectivity index (χ4n) is 2.07. The molecule has 2 aromatic rings. The standard InChI is InChI=1S/C16H17/c1-2-15(16-11-7-4-8-12-16)13-14-9-5-3-6-10-14/h4-12,15H,2,13H2,1H3. The Bertz CT molecular complexity index is 403. The maximum absolute atomic E-state index is 3.06. The van der Waals surface area contributed by atoms with E-state index in [4.69, 9.17) is 0 Å². The van der Waals surface area contributed by atoms with Crippen LogP contribution in [0.25, 0.3) is 0 Å². The van der Waals surface area contributed by atoms with E-state index in [9.17, 15) is 0 Å². The lowest BCUT2D eigenvalue weighted by molar-refractivity contribution is 0.660. The van der Waals surface area contributed by atoms with Crippen LogP contribution in [0, 0.1) is 6.07 Å². The van der Waals surface area contributed by atoms with Crippen molar-refractivity contribution in [2.45, 2.75) is 25.7 Å². The van der Waals surface area contributed by atoms with Crippen LogP contribution in [0.15, 0.2) is 54.6 Å². The number of hydrogen-bond acceptors (Lipinski definition) is 0. The topological polar surface area (TPSA) is 0 Å². The fourth-order valence-corrected chi connectivity index (χ4v) is 2.07. The zero-order valence-electron chi connectivity index (χ0n) is 9.69. The molecule has 0 aliphatic carbocycles. The van der Waals surface area contributed by atoms with Gasteiger partial charge in [-0.3, -0.25) is 0 Å². The smallest absolute Gasteiger partial charge is 0.0124 e. The largest absolute Gasteiger partial charge is 0.0648 e. The second kappa shape index (κ2) is 5.50. The van der Waals surface area contributed by atoms with Crippen LogP contribution in [-0.4, -0.2) is 0 Å². The molecule has 81 valence electrons. The minimum atomic E-state index is 0.628. The summed E-state index contributed by atoms with van der Waals surface area (Å²) in [7, 11) is 0. The highest BCUT2D eigenvalue weighted by molar-refractivity contribution is 5.23. The molecular weight excluding hydrogens is 192 g/mol. The van der Waals surface area contributed by atoms with Crippen molar-refractivity contribution in [3.05, 3.63) is 71.8 Å². The van der Waals surface area contributed by atoms with E-state index in [1.165, 1.54) is 17.5 Å². The molecule has 0 aromatic heterocycles. The quantitative estimate of drug-likeness (QED) is 0.707. The van der Waals surface area contributed by atoms with Crippen LogP contribution in [0.3, 0.4) is 0 Å². The summed E-state index contributed by atoms with van der Waals surface area (Å²) in [4.78, 5) is 0. The van der Waals surface area contributed by atoms with Gasteiger partial charge in [-0.15, -0.1) is 0 Å². The summed E-state index contributed by atoms with van der Waals surface area (Å²) in [5.41, 5.74) is 2.84. The van der Waals surface area contributed by atoms with Crippen LogP contribution in [0.4, 0.5) is 0 Å². The van der Waals surface area contributed by atoms with Crippen LogP contribution in [-0.2, 0) is 6.42 Å². The van der Waals surface area contributed by atoms with Crippen LogP contribution in [0.5, 0.6) is 0 Å². The molecule has 2 aromatic carbocycles. The molecule has 0 heterocycles. The molecule has 0 saturated carbocycles. The number of benzene rings is 2. The zero-order valence-corrected chi connectivity index (χ0v) is 9.69. The van der Waals surface area contributed by atoms with Crippen LogP contribution < -0.4 is 0 Å². The van der Waals surface area contributed by atoms with Crippen LogP contribution >= 0.6 is 0 Å². The third-order valence-electron chi connectivity index (χ3n) is 3.03. The summed E-state index contributed by atoms with van der Waals surface area (Å²) in [5.74, 6) is 0.628. The number of rotatable bonds is 4. The molecule has 0 saturated heterocycles. The van der Waals surface area contributed by atoms with Gasteiger partial charge in [-0.2, -0.15) is 0 Å². The Morgan fingerprint density at radius 1 is 1.00 bits per heavy atom. The molecule has 0 bridgehead atoms. The first kappa shape index (κ1) is 10.9. The van der Waals surface area contributed by atoms with Crippen molar-refractivity contribution in [2.24, 2.45) is 0 Å². The highest BCUT2D eigenvalue weighted by atomic mass is 14.1. The van der Waals surface area contributed by atoms with Gasteiger partial charge < -0.3 is 0 Å². The molecule has 0 nitrogen and oxygen atoms in total. The summed E-state index contributed by atoms with van der Waals surface area (Å²) in [6.45, 7) is 2.26. The molecule has 0 aliphatic rings. The SMILES string of the molecule is CCC(Cc1cc[c]cc1)c1ccccc1. The van der Waals surface area contributed by atoms with Crippen LogP contribution in [0.1, 0.15) is 30.4 Å². The van der Waals surface area contributed by atoms with Gasteiger partial charge >= 0.3 is 0 Å². The maximum Gasteiger partial charge on any atom is -0.0124 e. The van der Waals surface area contributed by atoms with Gasteiger partial charge in [0.1, 0.15) is 0 Å². The van der Waals surface area contributed by atoms with Gasteiger partial charge in [0.05, 0.1) is 0 Å². The molecule has 2 rings (SSSR count). The lowest BCUT2D eigenvalue weighted by atomic mass is 9.90. The van der Waals surface area contributed by atoms with Gasteiger partial charge in [0.2, 0.25) is 0 Å². The van der Waals surface area contributed by atoms with Crippen molar-refractivity contribution in [3.63, 3.8) is 0 Å². The molecule has 0 amide bonds. The molecule has 0 aliphatic heterocycles.